The van der Waals surface area contributed by atoms with Gasteiger partial charge in [0.2, 0.25) is 8.32 Å². The molecule has 0 aliphatic heterocycles. The van der Waals surface area contributed by atoms with E-state index in [2.05, 4.69) is 32.2 Å². The lowest BCUT2D eigenvalue weighted by Crippen LogP contribution is -2.44. The Morgan fingerprint density at radius 2 is 1.80 bits per heavy atom. The molecule has 0 aliphatic rings. The summed E-state index contributed by atoms with van der Waals surface area (Å²) in [5.41, 5.74) is 6.48. The van der Waals surface area contributed by atoms with E-state index < -0.39 is 8.32 Å². The maximum absolute atomic E-state index is 5.99. The van der Waals surface area contributed by atoms with Crippen molar-refractivity contribution in [2.75, 3.05) is 12.3 Å². The Hall–Kier alpha value is -0.803. The molecule has 0 saturated carbocycles. The number of nitrogen functional groups attached to an aromatic ring is 1. The molecule has 0 aromatic heterocycles. The average molecular weight is 223 g/mol. The van der Waals surface area contributed by atoms with Crippen LogP contribution in [0.4, 0.5) is 5.69 Å². The van der Waals surface area contributed by atoms with Gasteiger partial charge < -0.3 is 10.2 Å². The van der Waals surface area contributed by atoms with Crippen LogP contribution in [0, 0.1) is 0 Å². The van der Waals surface area contributed by atoms with Crippen molar-refractivity contribution in [3.8, 4) is 0 Å². The Bertz CT molecular complexity index is 295. The second kappa shape index (κ2) is 5.33. The highest BCUT2D eigenvalue weighted by Crippen LogP contribution is 2.08. The molecule has 0 bridgehead atoms. The normalized spacial score (nSPS) is 11.7. The zero-order valence-electron chi connectivity index (χ0n) is 9.92. The van der Waals surface area contributed by atoms with Crippen LogP contribution in [0.15, 0.2) is 24.3 Å². The van der Waals surface area contributed by atoms with E-state index >= 15 is 0 Å². The van der Waals surface area contributed by atoms with Crippen LogP contribution in [0.2, 0.25) is 13.1 Å². The van der Waals surface area contributed by atoms with E-state index in [1.54, 1.807) is 0 Å². The lowest BCUT2D eigenvalue weighted by molar-refractivity contribution is 0.307. The zero-order valence-corrected chi connectivity index (χ0v) is 10.9. The summed E-state index contributed by atoms with van der Waals surface area (Å²) in [7, 11) is -1.70. The number of unbranched alkanes of at least 4 members (excludes halogenated alkanes) is 1. The number of nitrogens with two attached hydrogens (primary N) is 1. The largest absolute Gasteiger partial charge is 0.413 e. The molecule has 1 rings (SSSR count). The summed E-state index contributed by atoms with van der Waals surface area (Å²) in [4.78, 5) is 0. The first-order valence-corrected chi connectivity index (χ1v) is 8.47. The summed E-state index contributed by atoms with van der Waals surface area (Å²) in [6.45, 7) is 7.52. The van der Waals surface area contributed by atoms with Gasteiger partial charge in [0.05, 0.1) is 0 Å². The summed E-state index contributed by atoms with van der Waals surface area (Å²) in [5, 5.41) is 1.31. The molecule has 1 aromatic rings. The highest BCUT2D eigenvalue weighted by molar-refractivity contribution is 6.84. The van der Waals surface area contributed by atoms with Gasteiger partial charge in [-0.15, -0.1) is 0 Å². The molecule has 0 radical (unpaired) electrons. The Morgan fingerprint density at radius 1 is 1.20 bits per heavy atom. The van der Waals surface area contributed by atoms with Gasteiger partial charge >= 0.3 is 0 Å². The minimum Gasteiger partial charge on any atom is -0.413 e. The van der Waals surface area contributed by atoms with Crippen molar-refractivity contribution in [3.63, 3.8) is 0 Å². The van der Waals surface area contributed by atoms with E-state index in [0.29, 0.717) is 0 Å². The smallest absolute Gasteiger partial charge is 0.218 e. The van der Waals surface area contributed by atoms with Gasteiger partial charge in [0.1, 0.15) is 0 Å². The van der Waals surface area contributed by atoms with Crippen LogP contribution < -0.4 is 10.9 Å². The highest BCUT2D eigenvalue weighted by atomic mass is 28.4. The Balaban J connectivity index is 2.63. The Morgan fingerprint density at radius 3 is 2.33 bits per heavy atom. The minimum absolute atomic E-state index is 0.817. The number of hydrogen-bond acceptors (Lipinski definition) is 2. The van der Waals surface area contributed by atoms with Crippen LogP contribution in [0.1, 0.15) is 19.8 Å². The third kappa shape index (κ3) is 3.68. The van der Waals surface area contributed by atoms with Gasteiger partial charge in [-0.3, -0.25) is 0 Å². The van der Waals surface area contributed by atoms with E-state index in [0.717, 1.165) is 18.7 Å². The number of rotatable bonds is 5. The number of hydrogen-bond donors (Lipinski definition) is 1. The maximum atomic E-state index is 5.99. The standard InChI is InChI=1S/C12H21NOSi/c1-4-5-10-14-15(2,3)12-8-6-11(13)7-9-12/h6-9H,4-5,10,13H2,1-3H3. The average Bonchev–Trinajstić information content (AvgIpc) is 2.18. The van der Waals surface area contributed by atoms with Gasteiger partial charge in [-0.2, -0.15) is 0 Å². The molecule has 2 nitrogen and oxygen atoms in total. The third-order valence-corrected chi connectivity index (χ3v) is 5.22. The molecule has 1 aromatic carbocycles. The van der Waals surface area contributed by atoms with Gasteiger partial charge in [0.15, 0.2) is 0 Å². The first-order chi connectivity index (χ1) is 7.06. The summed E-state index contributed by atoms with van der Waals surface area (Å²) in [6, 6.07) is 8.08. The third-order valence-electron chi connectivity index (χ3n) is 2.57. The molecule has 0 spiro atoms. The van der Waals surface area contributed by atoms with Crippen LogP contribution in [0.3, 0.4) is 0 Å². The van der Waals surface area contributed by atoms with Gasteiger partial charge in [0, 0.05) is 12.3 Å². The minimum atomic E-state index is -1.70. The second-order valence-corrected chi connectivity index (χ2v) is 8.22. The van der Waals surface area contributed by atoms with E-state index in [-0.39, 0.29) is 0 Å². The topological polar surface area (TPSA) is 35.2 Å². The summed E-state index contributed by atoms with van der Waals surface area (Å²) < 4.78 is 5.99. The van der Waals surface area contributed by atoms with Crippen LogP contribution in [-0.4, -0.2) is 14.9 Å². The monoisotopic (exact) mass is 223 g/mol. The molecule has 3 heteroatoms. The summed E-state index contributed by atoms with van der Waals surface area (Å²) in [5.74, 6) is 0. The van der Waals surface area contributed by atoms with Crippen LogP contribution >= 0.6 is 0 Å². The molecule has 0 amide bonds. The number of benzene rings is 1. The molecule has 84 valence electrons. The fraction of sp³-hybridized carbons (Fsp3) is 0.500. The van der Waals surface area contributed by atoms with E-state index in [9.17, 15) is 0 Å². The molecule has 2 N–H and O–H groups in total. The van der Waals surface area contributed by atoms with Crippen molar-refractivity contribution in [1.82, 2.24) is 0 Å². The lowest BCUT2D eigenvalue weighted by Gasteiger charge is -2.23. The molecule has 15 heavy (non-hydrogen) atoms. The predicted molar refractivity (Wildman–Crippen MR) is 68.8 cm³/mol. The maximum Gasteiger partial charge on any atom is 0.218 e. The molecule has 0 saturated heterocycles. The van der Waals surface area contributed by atoms with Crippen molar-refractivity contribution in [2.45, 2.75) is 32.9 Å². The van der Waals surface area contributed by atoms with Crippen molar-refractivity contribution in [1.29, 1.82) is 0 Å². The first-order valence-electron chi connectivity index (χ1n) is 5.56. The SMILES string of the molecule is CCCCO[Si](C)(C)c1ccc(N)cc1. The van der Waals surface area contributed by atoms with Crippen molar-refractivity contribution in [3.05, 3.63) is 24.3 Å². The molecule has 0 aliphatic carbocycles. The number of anilines is 1. The van der Waals surface area contributed by atoms with Crippen molar-refractivity contribution < 1.29 is 4.43 Å². The van der Waals surface area contributed by atoms with Crippen LogP contribution in [-0.2, 0) is 4.43 Å². The lowest BCUT2D eigenvalue weighted by atomic mass is 10.3. The summed E-state index contributed by atoms with van der Waals surface area (Å²) >= 11 is 0. The molecule has 0 unspecified atom stereocenters. The van der Waals surface area contributed by atoms with Crippen molar-refractivity contribution >= 4 is 19.2 Å². The first kappa shape index (κ1) is 12.3. The Kier molecular flexibility index (Phi) is 4.36. The van der Waals surface area contributed by atoms with Gasteiger partial charge in [0.25, 0.3) is 0 Å². The molecular formula is C12H21NOSi. The van der Waals surface area contributed by atoms with Gasteiger partial charge in [-0.05, 0) is 36.8 Å². The van der Waals surface area contributed by atoms with E-state index in [4.69, 9.17) is 10.2 Å². The van der Waals surface area contributed by atoms with Crippen LogP contribution in [0.25, 0.3) is 0 Å². The second-order valence-electron chi connectivity index (χ2n) is 4.33. The fourth-order valence-electron chi connectivity index (χ4n) is 1.44. The van der Waals surface area contributed by atoms with E-state index in [1.807, 2.05) is 12.1 Å². The van der Waals surface area contributed by atoms with E-state index in [1.165, 1.54) is 11.6 Å². The molecular weight excluding hydrogens is 202 g/mol. The van der Waals surface area contributed by atoms with Crippen molar-refractivity contribution in [2.24, 2.45) is 0 Å². The van der Waals surface area contributed by atoms with Gasteiger partial charge in [-0.1, -0.05) is 25.5 Å². The van der Waals surface area contributed by atoms with Crippen LogP contribution in [0.5, 0.6) is 0 Å². The molecule has 0 atom stereocenters. The molecule has 0 heterocycles. The zero-order chi connectivity index (χ0) is 11.3. The quantitative estimate of drug-likeness (QED) is 0.473. The van der Waals surface area contributed by atoms with Gasteiger partial charge in [-0.25, -0.2) is 0 Å². The molecule has 0 fully saturated rings. The fourth-order valence-corrected chi connectivity index (χ4v) is 3.23. The predicted octanol–water partition coefficient (Wildman–Crippen LogP) is 2.50. The highest BCUT2D eigenvalue weighted by Gasteiger charge is 2.24. The Labute approximate surface area is 93.6 Å². The summed E-state index contributed by atoms with van der Waals surface area (Å²) in [6.07, 6.45) is 2.33.